The van der Waals surface area contributed by atoms with Gasteiger partial charge in [0.05, 0.1) is 30.9 Å². The molecule has 28 heavy (non-hydrogen) atoms. The first kappa shape index (κ1) is 18.7. The van der Waals surface area contributed by atoms with Gasteiger partial charge < -0.3 is 9.47 Å². The van der Waals surface area contributed by atoms with Crippen LogP contribution in [-0.4, -0.2) is 35.8 Å². The molecular weight excluding hydrogens is 398 g/mol. The van der Waals surface area contributed by atoms with Gasteiger partial charge in [-0.2, -0.15) is 5.10 Å². The van der Waals surface area contributed by atoms with E-state index in [1.807, 2.05) is 29.6 Å². The largest absolute Gasteiger partial charge is 0.497 e. The molecule has 8 heteroatoms. The standard InChI is InChI=1S/C20H18ClN3O3S/c1-11(25)24-16(10-15(23-24)18-5-4-6-28-18)14-8-12-7-13(26-2)9-17(27-3)19(12)22-20(14)21/h4-9,16H,10H2,1-3H3. The third-order valence-corrected chi connectivity index (χ3v) is 5.91. The van der Waals surface area contributed by atoms with Gasteiger partial charge in [-0.1, -0.05) is 17.7 Å². The van der Waals surface area contributed by atoms with E-state index in [1.165, 1.54) is 11.9 Å². The van der Waals surface area contributed by atoms with Crippen molar-refractivity contribution in [1.82, 2.24) is 9.99 Å². The second-order valence-electron chi connectivity index (χ2n) is 6.38. The van der Waals surface area contributed by atoms with Crippen LogP contribution in [0.25, 0.3) is 10.9 Å². The first-order valence-electron chi connectivity index (χ1n) is 8.65. The molecule has 144 valence electrons. The molecule has 0 saturated carbocycles. The highest BCUT2D eigenvalue weighted by Gasteiger charge is 2.33. The Morgan fingerprint density at radius 2 is 2.11 bits per heavy atom. The van der Waals surface area contributed by atoms with E-state index in [0.717, 1.165) is 21.5 Å². The molecule has 0 N–H and O–H groups in total. The van der Waals surface area contributed by atoms with Crippen molar-refractivity contribution in [3.05, 3.63) is 51.3 Å². The van der Waals surface area contributed by atoms with E-state index in [4.69, 9.17) is 21.1 Å². The summed E-state index contributed by atoms with van der Waals surface area (Å²) >= 11 is 8.14. The van der Waals surface area contributed by atoms with Crippen molar-refractivity contribution >= 4 is 45.5 Å². The second-order valence-corrected chi connectivity index (χ2v) is 7.68. The summed E-state index contributed by atoms with van der Waals surface area (Å²) in [5.41, 5.74) is 2.26. The van der Waals surface area contributed by atoms with Crippen molar-refractivity contribution in [3.63, 3.8) is 0 Å². The first-order valence-corrected chi connectivity index (χ1v) is 9.91. The smallest absolute Gasteiger partial charge is 0.240 e. The highest BCUT2D eigenvalue weighted by molar-refractivity contribution is 7.12. The predicted octanol–water partition coefficient (Wildman–Crippen LogP) is 4.66. The van der Waals surface area contributed by atoms with Crippen molar-refractivity contribution in [1.29, 1.82) is 0 Å². The number of fused-ring (bicyclic) bond motifs is 1. The number of hydrogen-bond acceptors (Lipinski definition) is 6. The minimum absolute atomic E-state index is 0.143. The highest BCUT2D eigenvalue weighted by Crippen LogP contribution is 2.39. The van der Waals surface area contributed by atoms with Gasteiger partial charge in [0, 0.05) is 30.4 Å². The van der Waals surface area contributed by atoms with E-state index in [-0.39, 0.29) is 11.9 Å². The number of carbonyl (C=O) groups excluding carboxylic acids is 1. The van der Waals surface area contributed by atoms with Crippen molar-refractivity contribution in [2.45, 2.75) is 19.4 Å². The van der Waals surface area contributed by atoms with E-state index in [0.29, 0.717) is 28.6 Å². The molecule has 1 amide bonds. The van der Waals surface area contributed by atoms with Gasteiger partial charge in [-0.3, -0.25) is 4.79 Å². The first-order chi connectivity index (χ1) is 13.5. The molecule has 1 unspecified atom stereocenters. The zero-order chi connectivity index (χ0) is 19.8. The molecule has 0 saturated heterocycles. The molecule has 4 rings (SSSR count). The van der Waals surface area contributed by atoms with Gasteiger partial charge in [-0.25, -0.2) is 9.99 Å². The Kier molecular flexibility index (Phi) is 4.95. The van der Waals surface area contributed by atoms with Crippen LogP contribution in [0, 0.1) is 0 Å². The third-order valence-electron chi connectivity index (χ3n) is 4.69. The van der Waals surface area contributed by atoms with Crippen molar-refractivity contribution in [2.24, 2.45) is 5.10 Å². The number of ether oxygens (including phenoxy) is 2. The zero-order valence-electron chi connectivity index (χ0n) is 15.6. The Labute approximate surface area is 171 Å². The predicted molar refractivity (Wildman–Crippen MR) is 111 cm³/mol. The summed E-state index contributed by atoms with van der Waals surface area (Å²) in [6.45, 7) is 1.50. The minimum atomic E-state index is -0.309. The van der Waals surface area contributed by atoms with Crippen molar-refractivity contribution in [3.8, 4) is 11.5 Å². The topological polar surface area (TPSA) is 64.0 Å². The lowest BCUT2D eigenvalue weighted by Gasteiger charge is -2.22. The maximum absolute atomic E-state index is 12.2. The number of carbonyl (C=O) groups is 1. The summed E-state index contributed by atoms with van der Waals surface area (Å²) in [6, 6.07) is 9.23. The Bertz CT molecular complexity index is 1080. The molecule has 1 aromatic carbocycles. The molecular formula is C20H18ClN3O3S. The average molecular weight is 416 g/mol. The number of nitrogens with zero attached hydrogens (tertiary/aromatic N) is 3. The van der Waals surface area contributed by atoms with Gasteiger partial charge in [0.2, 0.25) is 5.91 Å². The Morgan fingerprint density at radius 3 is 2.75 bits per heavy atom. The van der Waals surface area contributed by atoms with Crippen LogP contribution >= 0.6 is 22.9 Å². The number of hydrogen-bond donors (Lipinski definition) is 0. The lowest BCUT2D eigenvalue weighted by molar-refractivity contribution is -0.130. The van der Waals surface area contributed by atoms with Crippen LogP contribution in [-0.2, 0) is 4.79 Å². The lowest BCUT2D eigenvalue weighted by atomic mass is 10.0. The third kappa shape index (κ3) is 3.21. The van der Waals surface area contributed by atoms with Gasteiger partial charge in [0.1, 0.15) is 22.2 Å². The molecule has 0 fully saturated rings. The maximum Gasteiger partial charge on any atom is 0.240 e. The number of methoxy groups -OCH3 is 2. The normalized spacial score (nSPS) is 16.4. The summed E-state index contributed by atoms with van der Waals surface area (Å²) in [7, 11) is 3.17. The summed E-state index contributed by atoms with van der Waals surface area (Å²) in [6.07, 6.45) is 0.577. The van der Waals surface area contributed by atoms with E-state index >= 15 is 0 Å². The average Bonchev–Trinajstić information content (AvgIpc) is 3.36. The summed E-state index contributed by atoms with van der Waals surface area (Å²) in [5.74, 6) is 1.09. The molecule has 0 spiro atoms. The van der Waals surface area contributed by atoms with E-state index < -0.39 is 0 Å². The Hall–Kier alpha value is -2.64. The van der Waals surface area contributed by atoms with Crippen LogP contribution in [0.2, 0.25) is 5.15 Å². The summed E-state index contributed by atoms with van der Waals surface area (Å²) < 4.78 is 10.8. The SMILES string of the molecule is COc1cc(OC)c2nc(Cl)c(C3CC(c4cccs4)=NN3C(C)=O)cc2c1. The number of halogens is 1. The number of amides is 1. The van der Waals surface area contributed by atoms with Crippen LogP contribution in [0.5, 0.6) is 11.5 Å². The fraction of sp³-hybridized carbons (Fsp3) is 0.250. The van der Waals surface area contributed by atoms with Crippen LogP contribution < -0.4 is 9.47 Å². The molecule has 3 aromatic rings. The number of benzene rings is 1. The molecule has 1 aliphatic heterocycles. The highest BCUT2D eigenvalue weighted by atomic mass is 35.5. The van der Waals surface area contributed by atoms with Gasteiger partial charge >= 0.3 is 0 Å². The van der Waals surface area contributed by atoms with Crippen LogP contribution in [0.15, 0.2) is 40.8 Å². The number of thiophene rings is 1. The lowest BCUT2D eigenvalue weighted by Crippen LogP contribution is -2.24. The number of pyridine rings is 1. The van der Waals surface area contributed by atoms with Gasteiger partial charge in [0.25, 0.3) is 0 Å². The number of rotatable bonds is 4. The van der Waals surface area contributed by atoms with Gasteiger partial charge in [-0.15, -0.1) is 11.3 Å². The van der Waals surface area contributed by atoms with E-state index in [2.05, 4.69) is 10.1 Å². The fourth-order valence-electron chi connectivity index (χ4n) is 3.36. The molecule has 3 heterocycles. The van der Waals surface area contributed by atoms with Gasteiger partial charge in [-0.05, 0) is 23.6 Å². The Balaban J connectivity index is 1.81. The van der Waals surface area contributed by atoms with Crippen LogP contribution in [0.4, 0.5) is 0 Å². The van der Waals surface area contributed by atoms with Crippen molar-refractivity contribution in [2.75, 3.05) is 14.2 Å². The fourth-order valence-corrected chi connectivity index (χ4v) is 4.35. The molecule has 1 aliphatic rings. The molecule has 0 aliphatic carbocycles. The molecule has 2 aromatic heterocycles. The monoisotopic (exact) mass is 415 g/mol. The molecule has 0 bridgehead atoms. The zero-order valence-corrected chi connectivity index (χ0v) is 17.2. The summed E-state index contributed by atoms with van der Waals surface area (Å²) in [4.78, 5) is 17.8. The van der Waals surface area contributed by atoms with Gasteiger partial charge in [0.15, 0.2) is 0 Å². The number of aromatic nitrogens is 1. The second kappa shape index (κ2) is 7.41. The quantitative estimate of drug-likeness (QED) is 0.581. The summed E-state index contributed by atoms with van der Waals surface area (Å²) in [5, 5.41) is 9.18. The number of hydrazone groups is 1. The van der Waals surface area contributed by atoms with Crippen LogP contribution in [0.3, 0.4) is 0 Å². The minimum Gasteiger partial charge on any atom is -0.497 e. The maximum atomic E-state index is 12.2. The molecule has 6 nitrogen and oxygen atoms in total. The molecule has 0 radical (unpaired) electrons. The van der Waals surface area contributed by atoms with Crippen LogP contribution in [0.1, 0.15) is 29.8 Å². The Morgan fingerprint density at radius 1 is 1.29 bits per heavy atom. The van der Waals surface area contributed by atoms with E-state index in [9.17, 15) is 4.79 Å². The van der Waals surface area contributed by atoms with E-state index in [1.54, 1.807) is 31.6 Å². The van der Waals surface area contributed by atoms with Crippen molar-refractivity contribution < 1.29 is 14.3 Å². The molecule has 1 atom stereocenters.